The minimum atomic E-state index is -0.200. The number of hydrogen-bond acceptors (Lipinski definition) is 3. The van der Waals surface area contributed by atoms with Crippen LogP contribution in [-0.4, -0.2) is 16.9 Å². The molecule has 3 N–H and O–H groups in total. The van der Waals surface area contributed by atoms with Crippen LogP contribution in [-0.2, 0) is 9.59 Å². The molecule has 0 heterocycles. The van der Waals surface area contributed by atoms with Gasteiger partial charge in [0.2, 0.25) is 11.8 Å². The number of carbonyl (C=O) groups excluding carboxylic acids is 2. The van der Waals surface area contributed by atoms with Crippen LogP contribution in [0.5, 0.6) is 0 Å². The lowest BCUT2D eigenvalue weighted by atomic mass is 9.49. The first kappa shape index (κ1) is 18.4. The van der Waals surface area contributed by atoms with E-state index < -0.39 is 0 Å². The molecule has 4 saturated carbocycles. The van der Waals surface area contributed by atoms with Crippen molar-refractivity contribution in [2.75, 3.05) is 10.6 Å². The molecule has 4 aliphatic rings. The van der Waals surface area contributed by atoms with Gasteiger partial charge in [-0.25, -0.2) is 0 Å². The van der Waals surface area contributed by atoms with Crippen LogP contribution in [0.15, 0.2) is 24.3 Å². The third kappa shape index (κ3) is 3.86. The van der Waals surface area contributed by atoms with E-state index in [-0.39, 0.29) is 17.2 Å². The van der Waals surface area contributed by atoms with Crippen LogP contribution in [0.4, 0.5) is 11.4 Å². The van der Waals surface area contributed by atoms with Crippen LogP contribution in [0.25, 0.3) is 0 Å². The predicted octanol–water partition coefficient (Wildman–Crippen LogP) is 4.06. The number of thiocarbonyl (C=S) groups is 1. The Kier molecular flexibility index (Phi) is 4.93. The van der Waals surface area contributed by atoms with Gasteiger partial charge in [0.15, 0.2) is 5.11 Å². The molecule has 0 aromatic heterocycles. The summed E-state index contributed by atoms with van der Waals surface area (Å²) in [5.74, 6) is 2.28. The molecule has 6 heteroatoms. The van der Waals surface area contributed by atoms with E-state index in [1.54, 1.807) is 0 Å². The molecule has 0 radical (unpaired) electrons. The van der Waals surface area contributed by atoms with Gasteiger partial charge in [-0.2, -0.15) is 0 Å². The summed E-state index contributed by atoms with van der Waals surface area (Å²) in [7, 11) is 0. The zero-order chi connectivity index (χ0) is 19.0. The molecule has 5 rings (SSSR count). The van der Waals surface area contributed by atoms with E-state index in [4.69, 9.17) is 12.2 Å². The fourth-order valence-corrected chi connectivity index (χ4v) is 5.88. The van der Waals surface area contributed by atoms with Gasteiger partial charge in [-0.3, -0.25) is 9.59 Å². The molecule has 0 unspecified atom stereocenters. The highest BCUT2D eigenvalue weighted by Gasteiger charge is 2.54. The van der Waals surface area contributed by atoms with Crippen molar-refractivity contribution in [2.24, 2.45) is 23.2 Å². The van der Waals surface area contributed by atoms with Gasteiger partial charge in [-0.05, 0) is 92.8 Å². The number of carbonyl (C=O) groups is 2. The molecule has 2 amide bonds. The fraction of sp³-hybridized carbons (Fsp3) is 0.571. The molecular formula is C21H27N3O2S. The summed E-state index contributed by atoms with van der Waals surface area (Å²) < 4.78 is 0. The molecule has 1 aromatic carbocycles. The van der Waals surface area contributed by atoms with Gasteiger partial charge in [0.25, 0.3) is 0 Å². The van der Waals surface area contributed by atoms with E-state index >= 15 is 0 Å². The van der Waals surface area contributed by atoms with Crippen molar-refractivity contribution in [2.45, 2.75) is 51.9 Å². The average Bonchev–Trinajstić information content (AvgIpc) is 2.62. The van der Waals surface area contributed by atoms with E-state index in [1.807, 2.05) is 31.2 Å². The van der Waals surface area contributed by atoms with Crippen molar-refractivity contribution in [3.05, 3.63) is 24.3 Å². The van der Waals surface area contributed by atoms with Crippen LogP contribution in [0.3, 0.4) is 0 Å². The normalized spacial score (nSPS) is 30.6. The Morgan fingerprint density at radius 1 is 0.963 bits per heavy atom. The van der Waals surface area contributed by atoms with Gasteiger partial charge in [-0.15, -0.1) is 0 Å². The first-order chi connectivity index (χ1) is 13.0. The largest absolute Gasteiger partial charge is 0.332 e. The van der Waals surface area contributed by atoms with Gasteiger partial charge in [-0.1, -0.05) is 6.92 Å². The lowest BCUT2D eigenvalue weighted by Gasteiger charge is -2.55. The van der Waals surface area contributed by atoms with Crippen molar-refractivity contribution in [3.63, 3.8) is 0 Å². The third-order valence-corrected chi connectivity index (χ3v) is 6.70. The van der Waals surface area contributed by atoms with Crippen LogP contribution in [0, 0.1) is 23.2 Å². The summed E-state index contributed by atoms with van der Waals surface area (Å²) in [6.45, 7) is 1.82. The summed E-state index contributed by atoms with van der Waals surface area (Å²) in [6.07, 6.45) is 7.47. The Morgan fingerprint density at radius 3 is 1.93 bits per heavy atom. The fourth-order valence-electron chi connectivity index (χ4n) is 5.67. The van der Waals surface area contributed by atoms with Crippen molar-refractivity contribution in [3.8, 4) is 0 Å². The molecule has 4 bridgehead atoms. The molecular weight excluding hydrogens is 358 g/mol. The monoisotopic (exact) mass is 385 g/mol. The molecule has 0 aliphatic heterocycles. The maximum absolute atomic E-state index is 13.0. The lowest BCUT2D eigenvalue weighted by Crippen LogP contribution is -2.55. The van der Waals surface area contributed by atoms with Crippen molar-refractivity contribution >= 4 is 40.5 Å². The summed E-state index contributed by atoms with van der Waals surface area (Å²) in [4.78, 5) is 24.5. The number of rotatable bonds is 4. The number of anilines is 2. The zero-order valence-corrected chi connectivity index (χ0v) is 16.5. The quantitative estimate of drug-likeness (QED) is 0.684. The lowest BCUT2D eigenvalue weighted by molar-refractivity contribution is -0.144. The molecule has 5 nitrogen and oxygen atoms in total. The highest BCUT2D eigenvalue weighted by atomic mass is 32.1. The van der Waals surface area contributed by atoms with Crippen LogP contribution in [0.2, 0.25) is 0 Å². The summed E-state index contributed by atoms with van der Waals surface area (Å²) in [6, 6.07) is 7.32. The highest BCUT2D eigenvalue weighted by Crippen LogP contribution is 2.60. The standard InChI is InChI=1S/C21H27N3O2S/c1-2-18(25)22-16-3-5-17(6-4-16)23-20(27)24-19(26)21-10-13-7-14(11-21)9-15(8-13)12-21/h3-6,13-15H,2,7-12H2,1H3,(H,22,25)(H2,23,24,26,27). The topological polar surface area (TPSA) is 70.2 Å². The first-order valence-corrected chi connectivity index (χ1v) is 10.4. The molecule has 0 spiro atoms. The number of nitrogens with one attached hydrogen (secondary N) is 3. The van der Waals surface area contributed by atoms with Crippen molar-refractivity contribution < 1.29 is 9.59 Å². The van der Waals surface area contributed by atoms with Gasteiger partial charge in [0.1, 0.15) is 0 Å². The van der Waals surface area contributed by atoms with E-state index in [0.717, 1.165) is 48.4 Å². The molecule has 144 valence electrons. The van der Waals surface area contributed by atoms with Crippen LogP contribution in [0.1, 0.15) is 51.9 Å². The zero-order valence-electron chi connectivity index (χ0n) is 15.7. The minimum Gasteiger partial charge on any atom is -0.332 e. The SMILES string of the molecule is CCC(=O)Nc1ccc(NC(=S)NC(=O)C23CC4CC(CC(C4)C2)C3)cc1. The molecule has 27 heavy (non-hydrogen) atoms. The van der Waals surface area contributed by atoms with Gasteiger partial charge < -0.3 is 16.0 Å². The van der Waals surface area contributed by atoms with Gasteiger partial charge >= 0.3 is 0 Å². The Morgan fingerprint density at radius 2 is 1.44 bits per heavy atom. The second kappa shape index (κ2) is 7.23. The Hall–Kier alpha value is -1.95. The smallest absolute Gasteiger partial charge is 0.232 e. The summed E-state index contributed by atoms with van der Waals surface area (Å²) in [5, 5.41) is 9.20. The maximum atomic E-state index is 13.0. The summed E-state index contributed by atoms with van der Waals surface area (Å²) in [5.41, 5.74) is 1.34. The first-order valence-electron chi connectivity index (χ1n) is 9.98. The van der Waals surface area contributed by atoms with Crippen LogP contribution >= 0.6 is 12.2 Å². The Labute approximate surface area is 165 Å². The average molecular weight is 386 g/mol. The number of amides is 2. The van der Waals surface area contributed by atoms with E-state index in [0.29, 0.717) is 11.5 Å². The molecule has 1 aromatic rings. The molecule has 0 atom stereocenters. The number of hydrogen-bond donors (Lipinski definition) is 3. The van der Waals surface area contributed by atoms with E-state index in [2.05, 4.69) is 16.0 Å². The van der Waals surface area contributed by atoms with E-state index in [1.165, 1.54) is 19.3 Å². The summed E-state index contributed by atoms with van der Waals surface area (Å²) >= 11 is 5.38. The van der Waals surface area contributed by atoms with E-state index in [9.17, 15) is 9.59 Å². The second-order valence-electron chi connectivity index (χ2n) is 8.59. The molecule has 0 saturated heterocycles. The Balaban J connectivity index is 1.34. The molecule has 4 aliphatic carbocycles. The molecule has 4 fully saturated rings. The second-order valence-corrected chi connectivity index (χ2v) is 8.99. The minimum absolute atomic E-state index is 0.0194. The highest BCUT2D eigenvalue weighted by molar-refractivity contribution is 7.80. The number of benzene rings is 1. The van der Waals surface area contributed by atoms with Gasteiger partial charge in [0, 0.05) is 17.8 Å². The van der Waals surface area contributed by atoms with Crippen molar-refractivity contribution in [1.82, 2.24) is 5.32 Å². The van der Waals surface area contributed by atoms with Crippen LogP contribution < -0.4 is 16.0 Å². The Bertz CT molecular complexity index is 724. The van der Waals surface area contributed by atoms with Gasteiger partial charge in [0.05, 0.1) is 5.41 Å². The van der Waals surface area contributed by atoms with Crippen molar-refractivity contribution in [1.29, 1.82) is 0 Å². The predicted molar refractivity (Wildman–Crippen MR) is 110 cm³/mol. The maximum Gasteiger partial charge on any atom is 0.232 e. The third-order valence-electron chi connectivity index (χ3n) is 6.49.